The number of aryl methyl sites for hydroxylation is 1. The van der Waals surface area contributed by atoms with Crippen molar-refractivity contribution in [3.63, 3.8) is 0 Å². The van der Waals surface area contributed by atoms with Gasteiger partial charge in [0.05, 0.1) is 24.0 Å². The summed E-state index contributed by atoms with van der Waals surface area (Å²) in [6.45, 7) is 4.70. The van der Waals surface area contributed by atoms with Gasteiger partial charge in [-0.25, -0.2) is 23.4 Å². The minimum absolute atomic E-state index is 0.00669. The molecule has 0 fully saturated rings. The number of benzene rings is 1. The van der Waals surface area contributed by atoms with E-state index in [4.69, 9.17) is 16.3 Å². The molecule has 3 aromatic rings. The lowest BCUT2D eigenvalue weighted by molar-refractivity contribution is 0.301. The van der Waals surface area contributed by atoms with E-state index < -0.39 is 15.4 Å². The average molecular weight is 492 g/mol. The minimum Gasteiger partial charge on any atom is -0.487 e. The lowest BCUT2D eigenvalue weighted by atomic mass is 9.81. The number of alkyl halides is 1. The fraction of sp³-hybridized carbons (Fsp3) is 0.364. The number of nitrogens with one attached hydrogen (secondary N) is 1. The Hall–Kier alpha value is -2.98. The number of rotatable bonds is 10. The van der Waals surface area contributed by atoms with Gasteiger partial charge in [0, 0.05) is 30.1 Å². The summed E-state index contributed by atoms with van der Waals surface area (Å²) in [4.78, 5) is 24.9. The van der Waals surface area contributed by atoms with Crippen LogP contribution in [0.3, 0.4) is 0 Å². The van der Waals surface area contributed by atoms with Crippen molar-refractivity contribution in [2.24, 2.45) is 0 Å². The van der Waals surface area contributed by atoms with Crippen molar-refractivity contribution in [1.82, 2.24) is 19.5 Å². The van der Waals surface area contributed by atoms with Crippen LogP contribution in [0.25, 0.3) is 0 Å². The Balaban J connectivity index is 1.69. The van der Waals surface area contributed by atoms with Gasteiger partial charge >= 0.3 is 0 Å². The fourth-order valence-corrected chi connectivity index (χ4v) is 3.68. The highest BCUT2D eigenvalue weighted by atomic mass is 35.5. The van der Waals surface area contributed by atoms with Crippen LogP contribution in [0.4, 0.5) is 5.95 Å². The number of halogens is 1. The largest absolute Gasteiger partial charge is 0.487 e. The third kappa shape index (κ3) is 6.75. The normalized spacial score (nSPS) is 11.9. The number of hydrogen-bond acceptors (Lipinski definition) is 7. The average Bonchev–Trinajstić information content (AvgIpc) is 2.76. The summed E-state index contributed by atoms with van der Waals surface area (Å²) >= 11 is 5.71. The zero-order valence-electron chi connectivity index (χ0n) is 18.7. The molecule has 2 heterocycles. The van der Waals surface area contributed by atoms with Crippen LogP contribution in [0.1, 0.15) is 37.2 Å². The van der Waals surface area contributed by atoms with Gasteiger partial charge < -0.3 is 4.74 Å². The van der Waals surface area contributed by atoms with E-state index in [9.17, 15) is 13.2 Å². The lowest BCUT2D eigenvalue weighted by Gasteiger charge is -2.25. The summed E-state index contributed by atoms with van der Waals surface area (Å²) in [5.41, 5.74) is 1.59. The Labute approximate surface area is 197 Å². The Kier molecular flexibility index (Phi) is 7.70. The SMILES string of the molecule is CC(C)(c1ccc(OCc2ccnc(NS(C)(=O)=O)n2)cc1)c1cc(=O)n(CCCCl)cn1. The Morgan fingerprint density at radius 2 is 1.88 bits per heavy atom. The molecule has 0 spiro atoms. The molecule has 0 aliphatic rings. The van der Waals surface area contributed by atoms with Gasteiger partial charge in [0.15, 0.2) is 0 Å². The quantitative estimate of drug-likeness (QED) is 0.433. The van der Waals surface area contributed by atoms with Crippen LogP contribution in [-0.2, 0) is 28.6 Å². The maximum absolute atomic E-state index is 12.4. The molecule has 0 saturated heterocycles. The first-order valence-electron chi connectivity index (χ1n) is 10.2. The molecule has 0 bridgehead atoms. The van der Waals surface area contributed by atoms with E-state index in [2.05, 4.69) is 19.7 Å². The molecular weight excluding hydrogens is 466 g/mol. The van der Waals surface area contributed by atoms with Gasteiger partial charge in [0.1, 0.15) is 12.4 Å². The topological polar surface area (TPSA) is 116 Å². The van der Waals surface area contributed by atoms with Crippen LogP contribution in [0.15, 0.2) is 53.7 Å². The van der Waals surface area contributed by atoms with E-state index in [-0.39, 0.29) is 18.1 Å². The Bertz CT molecular complexity index is 1260. The Morgan fingerprint density at radius 3 is 2.52 bits per heavy atom. The van der Waals surface area contributed by atoms with Crippen LogP contribution >= 0.6 is 11.6 Å². The summed E-state index contributed by atoms with van der Waals surface area (Å²) in [5, 5.41) is 0. The molecule has 0 radical (unpaired) electrons. The first kappa shape index (κ1) is 24.7. The summed E-state index contributed by atoms with van der Waals surface area (Å²) in [7, 11) is -3.46. The molecular formula is C22H26ClN5O4S. The van der Waals surface area contributed by atoms with Crippen LogP contribution in [0.2, 0.25) is 0 Å². The smallest absolute Gasteiger partial charge is 0.253 e. The molecule has 2 aromatic heterocycles. The number of sulfonamides is 1. The van der Waals surface area contributed by atoms with Gasteiger partial charge in [-0.05, 0) is 30.2 Å². The first-order chi connectivity index (χ1) is 15.6. The molecule has 0 aliphatic heterocycles. The predicted octanol–water partition coefficient (Wildman–Crippen LogP) is 2.94. The van der Waals surface area contributed by atoms with Gasteiger partial charge in [-0.3, -0.25) is 14.1 Å². The monoisotopic (exact) mass is 491 g/mol. The van der Waals surface area contributed by atoms with Gasteiger partial charge in [-0.2, -0.15) is 0 Å². The van der Waals surface area contributed by atoms with Crippen LogP contribution in [0, 0.1) is 0 Å². The van der Waals surface area contributed by atoms with Gasteiger partial charge in [0.2, 0.25) is 16.0 Å². The van der Waals surface area contributed by atoms with E-state index in [1.54, 1.807) is 23.0 Å². The van der Waals surface area contributed by atoms with Crippen molar-refractivity contribution in [2.75, 3.05) is 16.9 Å². The molecule has 0 unspecified atom stereocenters. The second-order valence-corrected chi connectivity index (χ2v) is 10.2. The van der Waals surface area contributed by atoms with E-state index in [1.165, 1.54) is 6.20 Å². The number of anilines is 1. The lowest BCUT2D eigenvalue weighted by Crippen LogP contribution is -2.27. The molecule has 0 atom stereocenters. The van der Waals surface area contributed by atoms with Crippen molar-refractivity contribution in [1.29, 1.82) is 0 Å². The van der Waals surface area contributed by atoms with Gasteiger partial charge in [-0.15, -0.1) is 11.6 Å². The second kappa shape index (κ2) is 10.3. The number of ether oxygens (including phenoxy) is 1. The number of hydrogen-bond donors (Lipinski definition) is 1. The number of nitrogens with zero attached hydrogens (tertiary/aromatic N) is 4. The predicted molar refractivity (Wildman–Crippen MR) is 127 cm³/mol. The van der Waals surface area contributed by atoms with Crippen molar-refractivity contribution < 1.29 is 13.2 Å². The molecule has 9 nitrogen and oxygen atoms in total. The molecule has 1 N–H and O–H groups in total. The van der Waals surface area contributed by atoms with Crippen LogP contribution in [-0.4, -0.2) is 40.1 Å². The maximum atomic E-state index is 12.4. The summed E-state index contributed by atoms with van der Waals surface area (Å²) < 4.78 is 32.2. The summed E-state index contributed by atoms with van der Waals surface area (Å²) in [6.07, 6.45) is 4.77. The minimum atomic E-state index is -3.46. The molecule has 33 heavy (non-hydrogen) atoms. The summed E-state index contributed by atoms with van der Waals surface area (Å²) in [6, 6.07) is 10.7. The highest BCUT2D eigenvalue weighted by Crippen LogP contribution is 2.30. The highest BCUT2D eigenvalue weighted by molar-refractivity contribution is 7.91. The van der Waals surface area contributed by atoms with Crippen molar-refractivity contribution in [2.45, 2.75) is 38.8 Å². The highest BCUT2D eigenvalue weighted by Gasteiger charge is 2.25. The number of aromatic nitrogens is 4. The van der Waals surface area contributed by atoms with Crippen molar-refractivity contribution in [3.05, 3.63) is 76.2 Å². The molecule has 176 valence electrons. The van der Waals surface area contributed by atoms with E-state index >= 15 is 0 Å². The Morgan fingerprint density at radius 1 is 1.15 bits per heavy atom. The standard InChI is InChI=1S/C22H26ClN5O4S/c1-22(2,19-13-20(29)28(15-25-19)12-4-10-23)16-5-7-18(8-6-16)32-14-17-9-11-24-21(26-17)27-33(3,30)31/h5-9,11,13,15H,4,10,12,14H2,1-3H3,(H,24,26,27). The van der Waals surface area contributed by atoms with Gasteiger partial charge in [-0.1, -0.05) is 26.0 Å². The van der Waals surface area contributed by atoms with Crippen molar-refractivity contribution >= 4 is 27.6 Å². The zero-order valence-corrected chi connectivity index (χ0v) is 20.2. The van der Waals surface area contributed by atoms with E-state index in [1.807, 2.05) is 38.1 Å². The molecule has 11 heteroatoms. The summed E-state index contributed by atoms with van der Waals surface area (Å²) in [5.74, 6) is 1.10. The van der Waals surface area contributed by atoms with E-state index in [0.29, 0.717) is 36.0 Å². The molecule has 1 aromatic carbocycles. The third-order valence-corrected chi connectivity index (χ3v) is 5.83. The van der Waals surface area contributed by atoms with Crippen LogP contribution < -0.4 is 15.0 Å². The first-order valence-corrected chi connectivity index (χ1v) is 12.7. The molecule has 3 rings (SSSR count). The molecule has 0 amide bonds. The van der Waals surface area contributed by atoms with Crippen molar-refractivity contribution in [3.8, 4) is 5.75 Å². The second-order valence-electron chi connectivity index (χ2n) is 8.03. The maximum Gasteiger partial charge on any atom is 0.253 e. The molecule has 0 saturated carbocycles. The van der Waals surface area contributed by atoms with E-state index in [0.717, 1.165) is 11.8 Å². The van der Waals surface area contributed by atoms with Crippen LogP contribution in [0.5, 0.6) is 5.75 Å². The third-order valence-electron chi connectivity index (χ3n) is 5.01. The zero-order chi connectivity index (χ0) is 24.1. The molecule has 0 aliphatic carbocycles. The fourth-order valence-electron chi connectivity index (χ4n) is 3.13. The van der Waals surface area contributed by atoms with Gasteiger partial charge in [0.25, 0.3) is 5.56 Å².